The molecule has 1 aliphatic heterocycles. The number of benzene rings is 1. The van der Waals surface area contributed by atoms with Crippen LogP contribution < -0.4 is 5.73 Å². The van der Waals surface area contributed by atoms with Crippen LogP contribution in [0.2, 0.25) is 0 Å². The molecule has 1 aromatic carbocycles. The van der Waals surface area contributed by atoms with Crippen molar-refractivity contribution in [1.82, 2.24) is 4.90 Å². The summed E-state index contributed by atoms with van der Waals surface area (Å²) < 4.78 is 0. The Morgan fingerprint density at radius 1 is 1.39 bits per heavy atom. The van der Waals surface area contributed by atoms with Crippen LogP contribution in [0.4, 0.5) is 0 Å². The van der Waals surface area contributed by atoms with Crippen molar-refractivity contribution in [3.63, 3.8) is 0 Å². The number of nitrogens with zero attached hydrogens (tertiary/aromatic N) is 1. The molecule has 2 nitrogen and oxygen atoms in total. The van der Waals surface area contributed by atoms with Crippen LogP contribution in [-0.2, 0) is 0 Å². The SMILES string of the molecule is CCC1CN(C(c2ccccc2)C(C)N)CCS1. The Morgan fingerprint density at radius 3 is 2.72 bits per heavy atom. The fourth-order valence-electron chi connectivity index (χ4n) is 2.74. The van der Waals surface area contributed by atoms with Crippen molar-refractivity contribution in [3.05, 3.63) is 35.9 Å². The summed E-state index contributed by atoms with van der Waals surface area (Å²) in [6.45, 7) is 6.73. The summed E-state index contributed by atoms with van der Waals surface area (Å²) in [7, 11) is 0. The summed E-state index contributed by atoms with van der Waals surface area (Å²) in [5, 5.41) is 0.767. The highest BCUT2D eigenvalue weighted by Crippen LogP contribution is 2.30. The summed E-state index contributed by atoms with van der Waals surface area (Å²) in [6.07, 6.45) is 1.25. The molecule has 100 valence electrons. The number of thioether (sulfide) groups is 1. The molecule has 1 heterocycles. The quantitative estimate of drug-likeness (QED) is 0.906. The third-order valence-corrected chi connectivity index (χ3v) is 5.03. The Labute approximate surface area is 115 Å². The zero-order valence-corrected chi connectivity index (χ0v) is 12.2. The first-order valence-electron chi connectivity index (χ1n) is 6.88. The van der Waals surface area contributed by atoms with Gasteiger partial charge >= 0.3 is 0 Å². The molecule has 1 saturated heterocycles. The minimum Gasteiger partial charge on any atom is -0.326 e. The fraction of sp³-hybridized carbons (Fsp3) is 0.600. The molecule has 1 aliphatic rings. The monoisotopic (exact) mass is 264 g/mol. The van der Waals surface area contributed by atoms with Gasteiger partial charge in [-0.05, 0) is 18.9 Å². The van der Waals surface area contributed by atoms with Crippen molar-refractivity contribution in [1.29, 1.82) is 0 Å². The van der Waals surface area contributed by atoms with Gasteiger partial charge in [0.2, 0.25) is 0 Å². The smallest absolute Gasteiger partial charge is 0.0497 e. The lowest BCUT2D eigenvalue weighted by atomic mass is 9.98. The standard InChI is InChI=1S/C15H24N2S/c1-3-14-11-17(9-10-18-14)15(12(2)16)13-7-5-4-6-8-13/h4-8,12,14-15H,3,9-11,16H2,1-2H3. The first kappa shape index (κ1) is 13.9. The molecular weight excluding hydrogens is 240 g/mol. The highest BCUT2D eigenvalue weighted by molar-refractivity contribution is 8.00. The van der Waals surface area contributed by atoms with Gasteiger partial charge in [0.25, 0.3) is 0 Å². The van der Waals surface area contributed by atoms with E-state index in [1.807, 2.05) is 0 Å². The summed E-state index contributed by atoms with van der Waals surface area (Å²) in [4.78, 5) is 2.57. The molecule has 2 rings (SSSR count). The second kappa shape index (κ2) is 6.60. The molecule has 1 aromatic rings. The van der Waals surface area contributed by atoms with E-state index in [1.165, 1.54) is 24.3 Å². The lowest BCUT2D eigenvalue weighted by Gasteiger charge is -2.39. The predicted molar refractivity (Wildman–Crippen MR) is 80.9 cm³/mol. The second-order valence-electron chi connectivity index (χ2n) is 5.11. The fourth-order valence-corrected chi connectivity index (χ4v) is 3.94. The van der Waals surface area contributed by atoms with E-state index in [2.05, 4.69) is 60.8 Å². The van der Waals surface area contributed by atoms with E-state index in [4.69, 9.17) is 5.73 Å². The van der Waals surface area contributed by atoms with Gasteiger partial charge < -0.3 is 5.73 Å². The van der Waals surface area contributed by atoms with Gasteiger partial charge in [-0.2, -0.15) is 11.8 Å². The van der Waals surface area contributed by atoms with Crippen LogP contribution >= 0.6 is 11.8 Å². The van der Waals surface area contributed by atoms with Crippen LogP contribution in [0, 0.1) is 0 Å². The molecule has 0 spiro atoms. The maximum atomic E-state index is 6.24. The van der Waals surface area contributed by atoms with Crippen molar-refractivity contribution in [2.45, 2.75) is 37.6 Å². The Hall–Kier alpha value is -0.510. The van der Waals surface area contributed by atoms with Crippen molar-refractivity contribution >= 4 is 11.8 Å². The lowest BCUT2D eigenvalue weighted by Crippen LogP contribution is -2.46. The molecule has 2 N–H and O–H groups in total. The first-order chi connectivity index (χ1) is 8.72. The molecule has 0 aliphatic carbocycles. The van der Waals surface area contributed by atoms with Gasteiger partial charge in [0.1, 0.15) is 0 Å². The molecule has 3 unspecified atom stereocenters. The van der Waals surface area contributed by atoms with E-state index in [0.29, 0.717) is 6.04 Å². The van der Waals surface area contributed by atoms with Gasteiger partial charge in [0.15, 0.2) is 0 Å². The summed E-state index contributed by atoms with van der Waals surface area (Å²) in [6, 6.07) is 11.2. The van der Waals surface area contributed by atoms with Gasteiger partial charge in [0.05, 0.1) is 0 Å². The Morgan fingerprint density at radius 2 is 2.11 bits per heavy atom. The van der Waals surface area contributed by atoms with Gasteiger partial charge in [-0.1, -0.05) is 37.3 Å². The Kier molecular flexibility index (Phi) is 5.10. The van der Waals surface area contributed by atoms with Crippen molar-refractivity contribution in [2.24, 2.45) is 5.73 Å². The van der Waals surface area contributed by atoms with E-state index in [9.17, 15) is 0 Å². The van der Waals surface area contributed by atoms with E-state index >= 15 is 0 Å². The summed E-state index contributed by atoms with van der Waals surface area (Å²) >= 11 is 2.11. The zero-order valence-electron chi connectivity index (χ0n) is 11.4. The minimum atomic E-state index is 0.174. The normalized spacial score (nSPS) is 24.7. The second-order valence-corrected chi connectivity index (χ2v) is 6.52. The number of hydrogen-bond donors (Lipinski definition) is 1. The molecule has 0 aromatic heterocycles. The summed E-state index contributed by atoms with van der Waals surface area (Å²) in [5.41, 5.74) is 7.59. The Balaban J connectivity index is 2.15. The van der Waals surface area contributed by atoms with Crippen molar-refractivity contribution in [3.8, 4) is 0 Å². The molecule has 0 radical (unpaired) electrons. The van der Waals surface area contributed by atoms with Gasteiger partial charge in [-0.3, -0.25) is 4.90 Å². The molecule has 3 atom stereocenters. The van der Waals surface area contributed by atoms with E-state index < -0.39 is 0 Å². The van der Waals surface area contributed by atoms with E-state index in [-0.39, 0.29) is 6.04 Å². The van der Waals surface area contributed by atoms with Crippen LogP contribution in [-0.4, -0.2) is 35.0 Å². The third kappa shape index (κ3) is 3.28. The average molecular weight is 264 g/mol. The maximum absolute atomic E-state index is 6.24. The van der Waals surface area contributed by atoms with E-state index in [1.54, 1.807) is 0 Å². The topological polar surface area (TPSA) is 29.3 Å². The third-order valence-electron chi connectivity index (χ3n) is 3.66. The van der Waals surface area contributed by atoms with Gasteiger partial charge in [-0.25, -0.2) is 0 Å². The van der Waals surface area contributed by atoms with Crippen molar-refractivity contribution < 1.29 is 0 Å². The first-order valence-corrected chi connectivity index (χ1v) is 7.93. The van der Waals surface area contributed by atoms with Crippen LogP contribution in [0.3, 0.4) is 0 Å². The summed E-state index contributed by atoms with van der Waals surface area (Å²) in [5.74, 6) is 1.23. The predicted octanol–water partition coefficient (Wildman–Crippen LogP) is 2.90. The van der Waals surface area contributed by atoms with Crippen LogP contribution in [0.15, 0.2) is 30.3 Å². The molecular formula is C15H24N2S. The molecule has 0 saturated carbocycles. The lowest BCUT2D eigenvalue weighted by molar-refractivity contribution is 0.181. The zero-order chi connectivity index (χ0) is 13.0. The average Bonchev–Trinajstić information content (AvgIpc) is 2.40. The minimum absolute atomic E-state index is 0.174. The van der Waals surface area contributed by atoms with Gasteiger partial charge in [-0.15, -0.1) is 0 Å². The van der Waals surface area contributed by atoms with E-state index in [0.717, 1.165) is 11.8 Å². The highest BCUT2D eigenvalue weighted by atomic mass is 32.2. The molecule has 1 fully saturated rings. The number of hydrogen-bond acceptors (Lipinski definition) is 3. The largest absolute Gasteiger partial charge is 0.326 e. The number of nitrogens with two attached hydrogens (primary N) is 1. The molecule has 18 heavy (non-hydrogen) atoms. The highest BCUT2D eigenvalue weighted by Gasteiger charge is 2.28. The molecule has 3 heteroatoms. The van der Waals surface area contributed by atoms with Crippen LogP contribution in [0.5, 0.6) is 0 Å². The molecule has 0 amide bonds. The molecule has 0 bridgehead atoms. The van der Waals surface area contributed by atoms with Crippen molar-refractivity contribution in [2.75, 3.05) is 18.8 Å². The van der Waals surface area contributed by atoms with Gasteiger partial charge in [0, 0.05) is 36.2 Å². The van der Waals surface area contributed by atoms with Crippen LogP contribution in [0.1, 0.15) is 31.9 Å². The van der Waals surface area contributed by atoms with Crippen LogP contribution in [0.25, 0.3) is 0 Å². The maximum Gasteiger partial charge on any atom is 0.0497 e. The number of rotatable bonds is 4. The Bertz CT molecular complexity index is 353.